The first-order valence-electron chi connectivity index (χ1n) is 6.28. The Kier molecular flexibility index (Phi) is 5.38. The van der Waals surface area contributed by atoms with Gasteiger partial charge in [0.15, 0.2) is 0 Å². The lowest BCUT2D eigenvalue weighted by atomic mass is 10.2. The molecule has 1 aromatic heterocycles. The Morgan fingerprint density at radius 1 is 1.71 bits per heavy atom. The molecule has 2 atom stereocenters. The standard InChI is InChI=1S/C12H21N3OS/c1-10(12-15-5-7-17-12)8-13-3-2-11-9-14-4-6-16-11/h5,7,10-11,13-14H,2-4,6,8-9H2,1H3. The van der Waals surface area contributed by atoms with Crippen molar-refractivity contribution in [3.05, 3.63) is 16.6 Å². The van der Waals surface area contributed by atoms with Crippen molar-refractivity contribution in [2.24, 2.45) is 0 Å². The molecule has 5 heteroatoms. The Balaban J connectivity index is 1.56. The van der Waals surface area contributed by atoms with Crippen molar-refractivity contribution in [1.29, 1.82) is 0 Å². The molecule has 4 nitrogen and oxygen atoms in total. The molecule has 2 rings (SSSR count). The van der Waals surface area contributed by atoms with Crippen molar-refractivity contribution in [3.63, 3.8) is 0 Å². The highest BCUT2D eigenvalue weighted by Gasteiger charge is 2.13. The molecule has 0 aromatic carbocycles. The van der Waals surface area contributed by atoms with Crippen LogP contribution in [0.25, 0.3) is 0 Å². The summed E-state index contributed by atoms with van der Waals surface area (Å²) in [4.78, 5) is 4.33. The molecule has 0 radical (unpaired) electrons. The van der Waals surface area contributed by atoms with Crippen molar-refractivity contribution in [3.8, 4) is 0 Å². The third-order valence-electron chi connectivity index (χ3n) is 2.97. The summed E-state index contributed by atoms with van der Waals surface area (Å²) in [5, 5.41) is 10.1. The first kappa shape index (κ1) is 13.0. The van der Waals surface area contributed by atoms with Gasteiger partial charge >= 0.3 is 0 Å². The maximum Gasteiger partial charge on any atom is 0.0965 e. The number of aromatic nitrogens is 1. The molecular weight excluding hydrogens is 234 g/mol. The van der Waals surface area contributed by atoms with Crippen LogP contribution in [0, 0.1) is 0 Å². The third-order valence-corrected chi connectivity index (χ3v) is 3.98. The number of hydrogen-bond acceptors (Lipinski definition) is 5. The average molecular weight is 255 g/mol. The molecule has 2 unspecified atom stereocenters. The number of thiazole rings is 1. The second-order valence-electron chi connectivity index (χ2n) is 4.46. The van der Waals surface area contributed by atoms with Gasteiger partial charge in [-0.3, -0.25) is 0 Å². The van der Waals surface area contributed by atoms with Gasteiger partial charge in [0.1, 0.15) is 0 Å². The van der Waals surface area contributed by atoms with Crippen molar-refractivity contribution in [1.82, 2.24) is 15.6 Å². The molecular formula is C12H21N3OS. The zero-order valence-corrected chi connectivity index (χ0v) is 11.1. The van der Waals surface area contributed by atoms with Gasteiger partial charge in [-0.25, -0.2) is 4.98 Å². The summed E-state index contributed by atoms with van der Waals surface area (Å²) in [6.45, 7) is 7.05. The molecule has 17 heavy (non-hydrogen) atoms. The first-order chi connectivity index (χ1) is 8.36. The minimum Gasteiger partial charge on any atom is -0.376 e. The van der Waals surface area contributed by atoms with E-state index >= 15 is 0 Å². The fraction of sp³-hybridized carbons (Fsp3) is 0.750. The van der Waals surface area contributed by atoms with Crippen LogP contribution in [0.4, 0.5) is 0 Å². The molecule has 0 amide bonds. The molecule has 1 fully saturated rings. The number of morpholine rings is 1. The lowest BCUT2D eigenvalue weighted by Gasteiger charge is -2.23. The van der Waals surface area contributed by atoms with E-state index in [2.05, 4.69) is 22.5 Å². The van der Waals surface area contributed by atoms with Crippen LogP contribution in [0.3, 0.4) is 0 Å². The van der Waals surface area contributed by atoms with Crippen LogP contribution in [-0.4, -0.2) is 43.9 Å². The van der Waals surface area contributed by atoms with E-state index in [4.69, 9.17) is 4.74 Å². The van der Waals surface area contributed by atoms with Gasteiger partial charge in [0.05, 0.1) is 17.7 Å². The number of nitrogens with one attached hydrogen (secondary N) is 2. The molecule has 0 spiro atoms. The van der Waals surface area contributed by atoms with Crippen LogP contribution in [-0.2, 0) is 4.74 Å². The Morgan fingerprint density at radius 3 is 3.35 bits per heavy atom. The maximum atomic E-state index is 5.64. The molecule has 2 N–H and O–H groups in total. The Bertz CT molecular complexity index is 299. The van der Waals surface area contributed by atoms with E-state index in [0.29, 0.717) is 12.0 Å². The van der Waals surface area contributed by atoms with Gasteiger partial charge in [0.25, 0.3) is 0 Å². The van der Waals surface area contributed by atoms with Gasteiger partial charge in [0.2, 0.25) is 0 Å². The first-order valence-corrected chi connectivity index (χ1v) is 7.16. The molecule has 1 saturated heterocycles. The molecule has 1 aliphatic rings. The monoisotopic (exact) mass is 255 g/mol. The fourth-order valence-electron chi connectivity index (χ4n) is 1.95. The maximum absolute atomic E-state index is 5.64. The second-order valence-corrected chi connectivity index (χ2v) is 5.39. The van der Waals surface area contributed by atoms with Crippen LogP contribution in [0.1, 0.15) is 24.3 Å². The average Bonchev–Trinajstić information content (AvgIpc) is 2.89. The number of nitrogens with zero attached hydrogens (tertiary/aromatic N) is 1. The minimum absolute atomic E-state index is 0.381. The molecule has 2 heterocycles. The molecule has 0 aliphatic carbocycles. The number of rotatable bonds is 6. The SMILES string of the molecule is CC(CNCCC1CNCCO1)c1nccs1. The quantitative estimate of drug-likeness (QED) is 0.750. The lowest BCUT2D eigenvalue weighted by molar-refractivity contribution is 0.0239. The van der Waals surface area contributed by atoms with E-state index in [0.717, 1.165) is 39.2 Å². The van der Waals surface area contributed by atoms with Crippen LogP contribution < -0.4 is 10.6 Å². The summed E-state index contributed by atoms with van der Waals surface area (Å²) in [5.41, 5.74) is 0. The predicted octanol–water partition coefficient (Wildman–Crippen LogP) is 1.21. The molecule has 0 bridgehead atoms. The highest BCUT2D eigenvalue weighted by molar-refractivity contribution is 7.09. The van der Waals surface area contributed by atoms with Gasteiger partial charge in [-0.2, -0.15) is 0 Å². The van der Waals surface area contributed by atoms with Crippen molar-refractivity contribution in [2.75, 3.05) is 32.8 Å². The molecule has 1 aromatic rings. The zero-order chi connectivity index (χ0) is 11.9. The normalized spacial score (nSPS) is 22.5. The van der Waals surface area contributed by atoms with Crippen LogP contribution >= 0.6 is 11.3 Å². The summed E-state index contributed by atoms with van der Waals surface area (Å²) in [6, 6.07) is 0. The van der Waals surface area contributed by atoms with Gasteiger partial charge < -0.3 is 15.4 Å². The fourth-order valence-corrected chi connectivity index (χ4v) is 2.65. The Labute approximate surface area is 107 Å². The summed E-state index contributed by atoms with van der Waals surface area (Å²) in [5.74, 6) is 0.500. The van der Waals surface area contributed by atoms with Gasteiger partial charge in [-0.05, 0) is 13.0 Å². The van der Waals surface area contributed by atoms with E-state index < -0.39 is 0 Å². The second kappa shape index (κ2) is 7.06. The van der Waals surface area contributed by atoms with E-state index in [1.807, 2.05) is 11.6 Å². The van der Waals surface area contributed by atoms with Crippen LogP contribution in [0.15, 0.2) is 11.6 Å². The predicted molar refractivity (Wildman–Crippen MR) is 70.6 cm³/mol. The van der Waals surface area contributed by atoms with Crippen molar-refractivity contribution < 1.29 is 4.74 Å². The van der Waals surface area contributed by atoms with Gasteiger partial charge in [-0.1, -0.05) is 6.92 Å². The van der Waals surface area contributed by atoms with E-state index in [1.165, 1.54) is 5.01 Å². The largest absolute Gasteiger partial charge is 0.376 e. The van der Waals surface area contributed by atoms with Gasteiger partial charge in [0, 0.05) is 37.1 Å². The summed E-state index contributed by atoms with van der Waals surface area (Å²) in [6.07, 6.45) is 3.33. The third kappa shape index (κ3) is 4.35. The Hall–Kier alpha value is -0.490. The summed E-state index contributed by atoms with van der Waals surface area (Å²) < 4.78 is 5.64. The van der Waals surface area contributed by atoms with Crippen LogP contribution in [0.2, 0.25) is 0 Å². The lowest BCUT2D eigenvalue weighted by Crippen LogP contribution is -2.40. The smallest absolute Gasteiger partial charge is 0.0965 e. The highest BCUT2D eigenvalue weighted by atomic mass is 32.1. The zero-order valence-electron chi connectivity index (χ0n) is 10.3. The van der Waals surface area contributed by atoms with Gasteiger partial charge in [-0.15, -0.1) is 11.3 Å². The molecule has 0 saturated carbocycles. The number of hydrogen-bond donors (Lipinski definition) is 2. The topological polar surface area (TPSA) is 46.2 Å². The van der Waals surface area contributed by atoms with Crippen molar-refractivity contribution in [2.45, 2.75) is 25.4 Å². The van der Waals surface area contributed by atoms with Crippen molar-refractivity contribution >= 4 is 11.3 Å². The summed E-state index contributed by atoms with van der Waals surface area (Å²) in [7, 11) is 0. The van der Waals surface area contributed by atoms with E-state index in [9.17, 15) is 0 Å². The Morgan fingerprint density at radius 2 is 2.65 bits per heavy atom. The van der Waals surface area contributed by atoms with Crippen LogP contribution in [0.5, 0.6) is 0 Å². The highest BCUT2D eigenvalue weighted by Crippen LogP contribution is 2.16. The number of ether oxygens (including phenoxy) is 1. The minimum atomic E-state index is 0.381. The molecule has 96 valence electrons. The van der Waals surface area contributed by atoms with E-state index in [1.54, 1.807) is 11.3 Å². The summed E-state index contributed by atoms with van der Waals surface area (Å²) >= 11 is 1.73. The van der Waals surface area contributed by atoms with E-state index in [-0.39, 0.29) is 0 Å². The molecule has 1 aliphatic heterocycles.